The van der Waals surface area contributed by atoms with E-state index in [1.165, 1.54) is 23.3 Å². The number of hydrogen-bond acceptors (Lipinski definition) is 4. The average Bonchev–Trinajstić information content (AvgIpc) is 3.12. The van der Waals surface area contributed by atoms with Crippen LogP contribution in [0.5, 0.6) is 0 Å². The molecule has 3 aliphatic rings. The fourth-order valence-electron chi connectivity index (χ4n) is 3.96. The molecule has 1 saturated carbocycles. The van der Waals surface area contributed by atoms with Gasteiger partial charge < -0.3 is 14.8 Å². The van der Waals surface area contributed by atoms with Gasteiger partial charge in [0.15, 0.2) is 5.79 Å². The second-order valence-corrected chi connectivity index (χ2v) is 7.38. The smallest absolute Gasteiger partial charge is 0.171 e. The van der Waals surface area contributed by atoms with E-state index in [1.54, 1.807) is 0 Å². The molecule has 1 saturated heterocycles. The Morgan fingerprint density at radius 3 is 2.95 bits per heavy atom. The zero-order valence-corrected chi connectivity index (χ0v) is 13.0. The molecule has 1 spiro atoms. The molecular formula is C16H22FNO2S. The highest BCUT2D eigenvalue weighted by atomic mass is 32.1. The van der Waals surface area contributed by atoms with Crippen molar-refractivity contribution in [1.82, 2.24) is 5.32 Å². The summed E-state index contributed by atoms with van der Waals surface area (Å²) in [4.78, 5) is 1.48. The number of halogens is 1. The molecule has 3 unspecified atom stereocenters. The van der Waals surface area contributed by atoms with Gasteiger partial charge in [-0.15, -0.1) is 11.3 Å². The van der Waals surface area contributed by atoms with E-state index in [2.05, 4.69) is 16.8 Å². The largest absolute Gasteiger partial charge is 0.347 e. The maximum Gasteiger partial charge on any atom is 0.171 e. The summed E-state index contributed by atoms with van der Waals surface area (Å²) in [5, 5.41) is 5.74. The Labute approximate surface area is 128 Å². The number of fused-ring (bicyclic) bond motifs is 1. The summed E-state index contributed by atoms with van der Waals surface area (Å²) in [6, 6.07) is 2.46. The molecule has 2 heterocycles. The first-order valence-electron chi connectivity index (χ1n) is 8.00. The summed E-state index contributed by atoms with van der Waals surface area (Å²) < 4.78 is 25.9. The van der Waals surface area contributed by atoms with E-state index in [-0.39, 0.29) is 6.04 Å². The highest BCUT2D eigenvalue weighted by Gasteiger charge is 2.46. The van der Waals surface area contributed by atoms with Crippen molar-refractivity contribution >= 4 is 11.3 Å². The Morgan fingerprint density at radius 2 is 2.14 bits per heavy atom. The van der Waals surface area contributed by atoms with E-state index in [1.807, 2.05) is 11.3 Å². The summed E-state index contributed by atoms with van der Waals surface area (Å²) in [7, 11) is 0. The molecule has 1 N–H and O–H groups in total. The highest BCUT2D eigenvalue weighted by Crippen LogP contribution is 2.39. The summed E-state index contributed by atoms with van der Waals surface area (Å²) >= 11 is 1.83. The first kappa shape index (κ1) is 14.1. The van der Waals surface area contributed by atoms with Crippen molar-refractivity contribution in [2.45, 2.75) is 62.6 Å². The van der Waals surface area contributed by atoms with Gasteiger partial charge in [-0.3, -0.25) is 0 Å². The second kappa shape index (κ2) is 5.61. The van der Waals surface area contributed by atoms with E-state index >= 15 is 0 Å². The van der Waals surface area contributed by atoms with E-state index in [0.717, 1.165) is 19.3 Å². The molecule has 2 fully saturated rings. The van der Waals surface area contributed by atoms with Gasteiger partial charge in [-0.1, -0.05) is 0 Å². The van der Waals surface area contributed by atoms with Crippen LogP contribution >= 0.6 is 11.3 Å². The van der Waals surface area contributed by atoms with E-state index in [4.69, 9.17) is 9.47 Å². The lowest BCUT2D eigenvalue weighted by Crippen LogP contribution is -2.50. The molecule has 1 aromatic heterocycles. The number of nitrogens with one attached hydrogen (secondary N) is 1. The molecule has 116 valence electrons. The van der Waals surface area contributed by atoms with Crippen LogP contribution in [0.3, 0.4) is 0 Å². The maximum absolute atomic E-state index is 14.6. The molecule has 0 amide bonds. The number of ether oxygens (including phenoxy) is 2. The van der Waals surface area contributed by atoms with Gasteiger partial charge in [0.1, 0.15) is 6.17 Å². The van der Waals surface area contributed by atoms with Gasteiger partial charge in [-0.05, 0) is 42.7 Å². The summed E-state index contributed by atoms with van der Waals surface area (Å²) in [6.07, 6.45) is 4.57. The van der Waals surface area contributed by atoms with Crippen molar-refractivity contribution in [3.63, 3.8) is 0 Å². The summed E-state index contributed by atoms with van der Waals surface area (Å²) in [6.45, 7) is 1.21. The Kier molecular flexibility index (Phi) is 3.78. The van der Waals surface area contributed by atoms with Gasteiger partial charge in [0.25, 0.3) is 0 Å². The van der Waals surface area contributed by atoms with Crippen LogP contribution in [0.1, 0.15) is 48.6 Å². The van der Waals surface area contributed by atoms with Gasteiger partial charge in [0.05, 0.1) is 13.2 Å². The second-order valence-electron chi connectivity index (χ2n) is 6.38. The minimum Gasteiger partial charge on any atom is -0.347 e. The Bertz CT molecular complexity index is 500. The first-order valence-corrected chi connectivity index (χ1v) is 8.88. The van der Waals surface area contributed by atoms with Crippen LogP contribution in [-0.2, 0) is 15.9 Å². The lowest BCUT2D eigenvalue weighted by molar-refractivity contribution is -0.192. The molecule has 0 bridgehead atoms. The molecule has 3 nitrogen and oxygen atoms in total. The van der Waals surface area contributed by atoms with Crippen LogP contribution < -0.4 is 5.32 Å². The van der Waals surface area contributed by atoms with Gasteiger partial charge in [0.2, 0.25) is 0 Å². The number of rotatable bonds is 2. The Balaban J connectivity index is 1.42. The number of alkyl halides is 1. The first-order chi connectivity index (χ1) is 10.3. The topological polar surface area (TPSA) is 30.5 Å². The SMILES string of the molecule is FC1CC2(CCC1NC1CCCc3sccc31)OCCO2. The third-order valence-electron chi connectivity index (χ3n) is 5.06. The van der Waals surface area contributed by atoms with Crippen LogP contribution in [0.15, 0.2) is 11.4 Å². The minimum atomic E-state index is -0.888. The number of aryl methyl sites for hydroxylation is 1. The van der Waals surface area contributed by atoms with Crippen LogP contribution in [0.25, 0.3) is 0 Å². The van der Waals surface area contributed by atoms with Crippen molar-refractivity contribution in [2.75, 3.05) is 13.2 Å². The average molecular weight is 311 g/mol. The van der Waals surface area contributed by atoms with Crippen LogP contribution in [0, 0.1) is 0 Å². The van der Waals surface area contributed by atoms with Crippen LogP contribution in [0.4, 0.5) is 4.39 Å². The Morgan fingerprint density at radius 1 is 1.29 bits per heavy atom. The third-order valence-corrected chi connectivity index (χ3v) is 6.06. The molecule has 1 aromatic rings. The molecule has 2 aliphatic carbocycles. The standard InChI is InChI=1S/C16H22FNO2S/c17-12-10-16(19-7-8-20-16)6-4-14(12)18-13-2-1-3-15-11(13)5-9-21-15/h5,9,12-14,18H,1-4,6-8,10H2. The lowest BCUT2D eigenvalue weighted by Gasteiger charge is -2.40. The summed E-state index contributed by atoms with van der Waals surface area (Å²) in [5.74, 6) is -0.627. The molecular weight excluding hydrogens is 289 g/mol. The minimum absolute atomic E-state index is 0.0701. The quantitative estimate of drug-likeness (QED) is 0.908. The van der Waals surface area contributed by atoms with Crippen molar-refractivity contribution < 1.29 is 13.9 Å². The molecule has 0 radical (unpaired) electrons. The van der Waals surface area contributed by atoms with Crippen molar-refractivity contribution in [3.8, 4) is 0 Å². The van der Waals surface area contributed by atoms with Gasteiger partial charge in [-0.25, -0.2) is 4.39 Å². The van der Waals surface area contributed by atoms with Crippen LogP contribution in [0.2, 0.25) is 0 Å². The third kappa shape index (κ3) is 2.65. The predicted octanol–water partition coefficient (Wildman–Crippen LogP) is 3.35. The van der Waals surface area contributed by atoms with E-state index in [0.29, 0.717) is 25.7 Å². The van der Waals surface area contributed by atoms with Crippen LogP contribution in [-0.4, -0.2) is 31.2 Å². The fourth-order valence-corrected chi connectivity index (χ4v) is 4.95. The molecule has 3 atom stereocenters. The van der Waals surface area contributed by atoms with Gasteiger partial charge in [-0.2, -0.15) is 0 Å². The molecule has 21 heavy (non-hydrogen) atoms. The predicted molar refractivity (Wildman–Crippen MR) is 80.3 cm³/mol. The highest BCUT2D eigenvalue weighted by molar-refractivity contribution is 7.10. The van der Waals surface area contributed by atoms with Gasteiger partial charge in [0, 0.05) is 29.8 Å². The van der Waals surface area contributed by atoms with Gasteiger partial charge >= 0.3 is 0 Å². The summed E-state index contributed by atoms with van der Waals surface area (Å²) in [5.41, 5.74) is 1.40. The molecule has 0 aromatic carbocycles. The molecule has 1 aliphatic heterocycles. The van der Waals surface area contributed by atoms with Crippen molar-refractivity contribution in [1.29, 1.82) is 0 Å². The van der Waals surface area contributed by atoms with E-state index < -0.39 is 12.0 Å². The maximum atomic E-state index is 14.6. The van der Waals surface area contributed by atoms with Crippen molar-refractivity contribution in [2.24, 2.45) is 0 Å². The van der Waals surface area contributed by atoms with Crippen molar-refractivity contribution in [3.05, 3.63) is 21.9 Å². The number of hydrogen-bond donors (Lipinski definition) is 1. The lowest BCUT2D eigenvalue weighted by atomic mass is 9.86. The normalized spacial score (nSPS) is 35.0. The zero-order chi connectivity index (χ0) is 14.3. The van der Waals surface area contributed by atoms with E-state index in [9.17, 15) is 4.39 Å². The molecule has 5 heteroatoms. The zero-order valence-electron chi connectivity index (χ0n) is 12.1. The number of thiophene rings is 1. The fraction of sp³-hybridized carbons (Fsp3) is 0.750. The molecule has 4 rings (SSSR count). The Hall–Kier alpha value is -0.490. The monoisotopic (exact) mass is 311 g/mol.